The minimum absolute atomic E-state index is 0. The zero-order chi connectivity index (χ0) is 9.97. The van der Waals surface area contributed by atoms with Gasteiger partial charge in [0.1, 0.15) is 18.5 Å². The van der Waals surface area contributed by atoms with Gasteiger partial charge in [0, 0.05) is 12.1 Å². The molecule has 0 fully saturated rings. The van der Waals surface area contributed by atoms with Crippen LogP contribution in [-0.2, 0) is 6.54 Å². The summed E-state index contributed by atoms with van der Waals surface area (Å²) < 4.78 is 14.8. The van der Waals surface area contributed by atoms with Crippen molar-refractivity contribution in [2.75, 3.05) is 0 Å². The van der Waals surface area contributed by atoms with Gasteiger partial charge in [-0.15, -0.1) is 12.4 Å². The Morgan fingerprint density at radius 1 is 1.40 bits per heavy atom. The molecule has 1 aromatic carbocycles. The summed E-state index contributed by atoms with van der Waals surface area (Å²) in [5.74, 6) is -0.319. The lowest BCUT2D eigenvalue weighted by atomic mass is 10.2. The van der Waals surface area contributed by atoms with Gasteiger partial charge in [-0.25, -0.2) is 14.1 Å². The summed E-state index contributed by atoms with van der Waals surface area (Å²) in [6, 6.07) is 4.78. The largest absolute Gasteiger partial charge is 0.326 e. The highest BCUT2D eigenvalue weighted by Crippen LogP contribution is 2.12. The van der Waals surface area contributed by atoms with Crippen LogP contribution in [0.25, 0.3) is 5.69 Å². The topological polar surface area (TPSA) is 56.7 Å². The van der Waals surface area contributed by atoms with Crippen molar-refractivity contribution in [3.63, 3.8) is 0 Å². The molecule has 2 rings (SSSR count). The Hall–Kier alpha value is -1.46. The highest BCUT2D eigenvalue weighted by atomic mass is 35.5. The third-order valence-electron chi connectivity index (χ3n) is 1.94. The number of rotatable bonds is 2. The van der Waals surface area contributed by atoms with E-state index >= 15 is 0 Å². The van der Waals surface area contributed by atoms with Gasteiger partial charge in [-0.2, -0.15) is 5.10 Å². The van der Waals surface area contributed by atoms with Crippen LogP contribution in [0.15, 0.2) is 30.9 Å². The Labute approximate surface area is 92.3 Å². The van der Waals surface area contributed by atoms with Crippen LogP contribution < -0.4 is 5.73 Å². The van der Waals surface area contributed by atoms with Crippen LogP contribution >= 0.6 is 12.4 Å². The zero-order valence-corrected chi connectivity index (χ0v) is 8.62. The molecule has 0 radical (unpaired) electrons. The fourth-order valence-electron chi connectivity index (χ4n) is 1.19. The van der Waals surface area contributed by atoms with Crippen molar-refractivity contribution in [1.82, 2.24) is 14.8 Å². The molecule has 0 spiro atoms. The van der Waals surface area contributed by atoms with Gasteiger partial charge in [-0.05, 0) is 12.1 Å². The molecule has 0 atom stereocenters. The van der Waals surface area contributed by atoms with Crippen molar-refractivity contribution in [3.8, 4) is 5.69 Å². The molecule has 80 valence electrons. The van der Waals surface area contributed by atoms with Gasteiger partial charge in [0.15, 0.2) is 0 Å². The minimum atomic E-state index is -0.319. The van der Waals surface area contributed by atoms with E-state index < -0.39 is 0 Å². The average molecular weight is 229 g/mol. The minimum Gasteiger partial charge on any atom is -0.326 e. The third-order valence-corrected chi connectivity index (χ3v) is 1.94. The summed E-state index contributed by atoms with van der Waals surface area (Å²) in [4.78, 5) is 3.78. The van der Waals surface area contributed by atoms with Crippen molar-refractivity contribution < 1.29 is 4.39 Å². The molecule has 0 aliphatic heterocycles. The van der Waals surface area contributed by atoms with Gasteiger partial charge in [0.2, 0.25) is 0 Å². The Morgan fingerprint density at radius 3 is 2.73 bits per heavy atom. The molecule has 0 amide bonds. The molecule has 0 aliphatic carbocycles. The second kappa shape index (κ2) is 4.86. The first-order valence-corrected chi connectivity index (χ1v) is 4.15. The monoisotopic (exact) mass is 228 g/mol. The van der Waals surface area contributed by atoms with Gasteiger partial charge >= 0.3 is 0 Å². The Kier molecular flexibility index (Phi) is 3.76. The van der Waals surface area contributed by atoms with Crippen molar-refractivity contribution >= 4 is 12.4 Å². The normalized spacial score (nSPS) is 9.73. The van der Waals surface area contributed by atoms with E-state index in [1.165, 1.54) is 23.4 Å². The quantitative estimate of drug-likeness (QED) is 0.843. The smallest absolute Gasteiger partial charge is 0.138 e. The summed E-state index contributed by atoms with van der Waals surface area (Å²) in [5, 5.41) is 3.89. The van der Waals surface area contributed by atoms with Gasteiger partial charge in [-0.1, -0.05) is 6.07 Å². The fraction of sp³-hybridized carbons (Fsp3) is 0.111. The number of hydrogen-bond donors (Lipinski definition) is 1. The van der Waals surface area contributed by atoms with E-state index in [-0.39, 0.29) is 24.8 Å². The van der Waals surface area contributed by atoms with Crippen molar-refractivity contribution in [1.29, 1.82) is 0 Å². The van der Waals surface area contributed by atoms with E-state index in [1.807, 2.05) is 0 Å². The van der Waals surface area contributed by atoms with Crippen LogP contribution in [0.3, 0.4) is 0 Å². The first-order chi connectivity index (χ1) is 6.81. The maximum absolute atomic E-state index is 13.3. The maximum atomic E-state index is 13.3. The summed E-state index contributed by atoms with van der Waals surface area (Å²) in [7, 11) is 0. The van der Waals surface area contributed by atoms with Crippen molar-refractivity contribution in [3.05, 3.63) is 42.2 Å². The predicted octanol–water partition coefficient (Wildman–Crippen LogP) is 1.29. The summed E-state index contributed by atoms with van der Waals surface area (Å²) in [5.41, 5.74) is 6.48. The standard InChI is InChI=1S/C9H9FN4.ClH/c10-9-3-8(2-1-7(9)4-11)14-6-12-5-13-14;/h1-3,5-6H,4,11H2;1H. The number of benzene rings is 1. The molecule has 0 unspecified atom stereocenters. The molecule has 6 heteroatoms. The SMILES string of the molecule is Cl.NCc1ccc(-n2cncn2)cc1F. The lowest BCUT2D eigenvalue weighted by Gasteiger charge is -2.03. The molecule has 0 aliphatic rings. The van der Waals surface area contributed by atoms with Gasteiger partial charge < -0.3 is 5.73 Å². The van der Waals surface area contributed by atoms with Gasteiger partial charge in [-0.3, -0.25) is 0 Å². The first-order valence-electron chi connectivity index (χ1n) is 4.15. The lowest BCUT2D eigenvalue weighted by molar-refractivity contribution is 0.608. The van der Waals surface area contributed by atoms with Crippen LogP contribution in [-0.4, -0.2) is 14.8 Å². The van der Waals surface area contributed by atoms with E-state index in [4.69, 9.17) is 5.73 Å². The number of nitrogens with zero attached hydrogens (tertiary/aromatic N) is 3. The average Bonchev–Trinajstić information content (AvgIpc) is 2.70. The molecule has 0 bridgehead atoms. The summed E-state index contributed by atoms with van der Waals surface area (Å²) in [6.45, 7) is 0.198. The van der Waals surface area contributed by atoms with Crippen LogP contribution in [0.5, 0.6) is 0 Å². The van der Waals surface area contributed by atoms with Gasteiger partial charge in [0.25, 0.3) is 0 Å². The highest BCUT2D eigenvalue weighted by Gasteiger charge is 2.03. The van der Waals surface area contributed by atoms with Crippen LogP contribution in [0.2, 0.25) is 0 Å². The molecule has 4 nitrogen and oxygen atoms in total. The molecular formula is C9H10ClFN4. The lowest BCUT2D eigenvalue weighted by Crippen LogP contribution is -2.02. The molecule has 15 heavy (non-hydrogen) atoms. The predicted molar refractivity (Wildman–Crippen MR) is 56.5 cm³/mol. The van der Waals surface area contributed by atoms with Crippen molar-refractivity contribution in [2.24, 2.45) is 5.73 Å². The molecule has 2 N–H and O–H groups in total. The summed E-state index contributed by atoms with van der Waals surface area (Å²) >= 11 is 0. The fourth-order valence-corrected chi connectivity index (χ4v) is 1.19. The number of nitrogens with two attached hydrogens (primary N) is 1. The highest BCUT2D eigenvalue weighted by molar-refractivity contribution is 5.85. The van der Waals surface area contributed by atoms with Crippen LogP contribution in [0, 0.1) is 5.82 Å². The van der Waals surface area contributed by atoms with E-state index in [9.17, 15) is 4.39 Å². The Morgan fingerprint density at radius 2 is 2.20 bits per heavy atom. The Balaban J connectivity index is 0.00000112. The molecule has 1 heterocycles. The number of hydrogen-bond acceptors (Lipinski definition) is 3. The molecular weight excluding hydrogens is 219 g/mol. The molecule has 0 saturated heterocycles. The second-order valence-electron chi connectivity index (χ2n) is 2.82. The van der Waals surface area contributed by atoms with E-state index in [1.54, 1.807) is 12.1 Å². The van der Waals surface area contributed by atoms with Gasteiger partial charge in [0.05, 0.1) is 5.69 Å². The maximum Gasteiger partial charge on any atom is 0.138 e. The summed E-state index contributed by atoms with van der Waals surface area (Å²) in [6.07, 6.45) is 2.91. The van der Waals surface area contributed by atoms with E-state index in [0.29, 0.717) is 11.3 Å². The zero-order valence-electron chi connectivity index (χ0n) is 7.80. The Bertz CT molecular complexity index is 430. The van der Waals surface area contributed by atoms with Crippen LogP contribution in [0.1, 0.15) is 5.56 Å². The number of aromatic nitrogens is 3. The number of halogens is 2. The molecule has 1 aromatic heterocycles. The molecule has 2 aromatic rings. The van der Waals surface area contributed by atoms with Crippen LogP contribution in [0.4, 0.5) is 4.39 Å². The van der Waals surface area contributed by atoms with Crippen molar-refractivity contribution in [2.45, 2.75) is 6.54 Å². The second-order valence-corrected chi connectivity index (χ2v) is 2.82. The molecule has 0 saturated carbocycles. The van der Waals surface area contributed by atoms with E-state index in [2.05, 4.69) is 10.1 Å². The first kappa shape index (κ1) is 11.6. The third kappa shape index (κ3) is 2.31. The van der Waals surface area contributed by atoms with E-state index in [0.717, 1.165) is 0 Å².